The molecule has 78 valence electrons. The molecule has 0 aliphatic heterocycles. The van der Waals surface area contributed by atoms with Gasteiger partial charge in [0.2, 0.25) is 0 Å². The first-order chi connectivity index (χ1) is 5.86. The second-order valence-corrected chi connectivity index (χ2v) is 5.26. The third kappa shape index (κ3) is 2.05. The van der Waals surface area contributed by atoms with Gasteiger partial charge in [0.25, 0.3) is 0 Å². The van der Waals surface area contributed by atoms with Crippen molar-refractivity contribution in [1.29, 1.82) is 0 Å². The lowest BCUT2D eigenvalue weighted by Crippen LogP contribution is -2.56. The summed E-state index contributed by atoms with van der Waals surface area (Å²) in [7, 11) is 0. The predicted octanol–water partition coefficient (Wildman–Crippen LogP) is 1.77. The summed E-state index contributed by atoms with van der Waals surface area (Å²) in [6.07, 6.45) is 1.76. The highest BCUT2D eigenvalue weighted by Crippen LogP contribution is 2.38. The number of rotatable bonds is 1. The molecule has 4 unspecified atom stereocenters. The first-order valence-electron chi connectivity index (χ1n) is 5.33. The zero-order chi connectivity index (χ0) is 10.2. The summed E-state index contributed by atoms with van der Waals surface area (Å²) < 4.78 is 0. The van der Waals surface area contributed by atoms with Gasteiger partial charge in [0, 0.05) is 5.54 Å². The van der Waals surface area contributed by atoms with Crippen molar-refractivity contribution in [3.8, 4) is 0 Å². The average Bonchev–Trinajstić information content (AvgIpc) is 2.00. The van der Waals surface area contributed by atoms with E-state index in [1.54, 1.807) is 0 Å². The Morgan fingerprint density at radius 3 is 2.46 bits per heavy atom. The van der Waals surface area contributed by atoms with E-state index < -0.39 is 0 Å². The number of aliphatic hydroxyl groups is 1. The third-order valence-electron chi connectivity index (χ3n) is 3.72. The lowest BCUT2D eigenvalue weighted by Gasteiger charge is -2.45. The highest BCUT2D eigenvalue weighted by atomic mass is 16.3. The van der Waals surface area contributed by atoms with Crippen LogP contribution in [-0.4, -0.2) is 16.7 Å². The average molecular weight is 185 g/mol. The first kappa shape index (κ1) is 11.0. The van der Waals surface area contributed by atoms with Crippen molar-refractivity contribution in [3.63, 3.8) is 0 Å². The quantitative estimate of drug-likeness (QED) is 0.654. The van der Waals surface area contributed by atoms with Crippen molar-refractivity contribution in [2.75, 3.05) is 0 Å². The SMILES string of the molecule is CC(C)C1CCC(C)(N)C(O)C1C. The number of nitrogens with two attached hydrogens (primary N) is 1. The normalized spacial score (nSPS) is 46.8. The van der Waals surface area contributed by atoms with Crippen molar-refractivity contribution in [1.82, 2.24) is 0 Å². The molecule has 0 saturated heterocycles. The van der Waals surface area contributed by atoms with Crippen LogP contribution in [0.5, 0.6) is 0 Å². The molecule has 2 heteroatoms. The molecule has 1 saturated carbocycles. The Morgan fingerprint density at radius 1 is 1.46 bits per heavy atom. The summed E-state index contributed by atoms with van der Waals surface area (Å²) in [5.74, 6) is 1.62. The maximum Gasteiger partial charge on any atom is 0.0745 e. The zero-order valence-electron chi connectivity index (χ0n) is 9.25. The van der Waals surface area contributed by atoms with Crippen LogP contribution in [0.2, 0.25) is 0 Å². The summed E-state index contributed by atoms with van der Waals surface area (Å²) in [5, 5.41) is 10.00. The van der Waals surface area contributed by atoms with E-state index >= 15 is 0 Å². The van der Waals surface area contributed by atoms with Crippen LogP contribution in [0, 0.1) is 17.8 Å². The fraction of sp³-hybridized carbons (Fsp3) is 1.00. The van der Waals surface area contributed by atoms with Gasteiger partial charge in [0.15, 0.2) is 0 Å². The highest BCUT2D eigenvalue weighted by Gasteiger charge is 2.41. The minimum Gasteiger partial charge on any atom is -0.391 e. The standard InChI is InChI=1S/C11H23NO/c1-7(2)9-5-6-11(4,12)10(13)8(9)3/h7-10,13H,5-6,12H2,1-4H3. The summed E-state index contributed by atoms with van der Waals surface area (Å²) >= 11 is 0. The van der Waals surface area contributed by atoms with Crippen LogP contribution < -0.4 is 5.73 Å². The van der Waals surface area contributed by atoms with Crippen molar-refractivity contribution in [2.45, 2.75) is 52.2 Å². The van der Waals surface area contributed by atoms with Gasteiger partial charge in [-0.05, 0) is 37.5 Å². The predicted molar refractivity (Wildman–Crippen MR) is 55.3 cm³/mol. The molecular weight excluding hydrogens is 162 g/mol. The second kappa shape index (κ2) is 3.58. The molecule has 3 N–H and O–H groups in total. The molecule has 0 radical (unpaired) electrons. The number of aliphatic hydroxyl groups excluding tert-OH is 1. The Hall–Kier alpha value is -0.0800. The van der Waals surface area contributed by atoms with Crippen molar-refractivity contribution in [2.24, 2.45) is 23.5 Å². The van der Waals surface area contributed by atoms with E-state index in [1.807, 2.05) is 6.92 Å². The smallest absolute Gasteiger partial charge is 0.0745 e. The molecule has 1 aliphatic rings. The van der Waals surface area contributed by atoms with E-state index in [2.05, 4.69) is 20.8 Å². The molecule has 0 bridgehead atoms. The van der Waals surface area contributed by atoms with Crippen LogP contribution in [0.25, 0.3) is 0 Å². The molecular formula is C11H23NO. The number of hydrogen-bond donors (Lipinski definition) is 2. The van der Waals surface area contributed by atoms with Gasteiger partial charge < -0.3 is 10.8 Å². The monoisotopic (exact) mass is 185 g/mol. The van der Waals surface area contributed by atoms with Gasteiger partial charge in [0.1, 0.15) is 0 Å². The van der Waals surface area contributed by atoms with E-state index in [-0.39, 0.29) is 11.6 Å². The van der Waals surface area contributed by atoms with Gasteiger partial charge in [-0.3, -0.25) is 0 Å². The van der Waals surface area contributed by atoms with Crippen LogP contribution in [0.4, 0.5) is 0 Å². The Morgan fingerprint density at radius 2 is 2.00 bits per heavy atom. The first-order valence-corrected chi connectivity index (χ1v) is 5.33. The van der Waals surface area contributed by atoms with Crippen molar-refractivity contribution < 1.29 is 5.11 Å². The van der Waals surface area contributed by atoms with Crippen LogP contribution in [-0.2, 0) is 0 Å². The van der Waals surface area contributed by atoms with Gasteiger partial charge in [-0.1, -0.05) is 20.8 Å². The van der Waals surface area contributed by atoms with Crippen LogP contribution in [0.1, 0.15) is 40.5 Å². The van der Waals surface area contributed by atoms with Gasteiger partial charge in [0.05, 0.1) is 6.10 Å². The van der Waals surface area contributed by atoms with Gasteiger partial charge in [-0.25, -0.2) is 0 Å². The maximum atomic E-state index is 10.00. The highest BCUT2D eigenvalue weighted by molar-refractivity contribution is 4.97. The largest absolute Gasteiger partial charge is 0.391 e. The van der Waals surface area contributed by atoms with E-state index in [4.69, 9.17) is 5.73 Å². The Balaban J connectivity index is 2.70. The minimum absolute atomic E-state index is 0.337. The number of hydrogen-bond acceptors (Lipinski definition) is 2. The van der Waals surface area contributed by atoms with Crippen LogP contribution in [0.3, 0.4) is 0 Å². The summed E-state index contributed by atoms with van der Waals surface area (Å²) in [4.78, 5) is 0. The zero-order valence-corrected chi connectivity index (χ0v) is 9.25. The summed E-state index contributed by atoms with van der Waals surface area (Å²) in [6, 6.07) is 0. The van der Waals surface area contributed by atoms with Gasteiger partial charge >= 0.3 is 0 Å². The molecule has 0 aromatic rings. The molecule has 1 fully saturated rings. The molecule has 0 aromatic heterocycles. The summed E-state index contributed by atoms with van der Waals surface area (Å²) in [6.45, 7) is 8.55. The van der Waals surface area contributed by atoms with E-state index in [0.29, 0.717) is 17.8 Å². The van der Waals surface area contributed by atoms with E-state index in [0.717, 1.165) is 12.8 Å². The molecule has 4 atom stereocenters. The molecule has 0 amide bonds. The molecule has 2 nitrogen and oxygen atoms in total. The van der Waals surface area contributed by atoms with E-state index in [1.165, 1.54) is 0 Å². The summed E-state index contributed by atoms with van der Waals surface area (Å²) in [5.41, 5.74) is 5.65. The lowest BCUT2D eigenvalue weighted by atomic mass is 9.66. The molecule has 1 aliphatic carbocycles. The van der Waals surface area contributed by atoms with Gasteiger partial charge in [-0.2, -0.15) is 0 Å². The van der Waals surface area contributed by atoms with Crippen LogP contribution >= 0.6 is 0 Å². The Labute approximate surface area is 81.5 Å². The minimum atomic E-state index is -0.370. The van der Waals surface area contributed by atoms with E-state index in [9.17, 15) is 5.11 Å². The van der Waals surface area contributed by atoms with Crippen LogP contribution in [0.15, 0.2) is 0 Å². The third-order valence-corrected chi connectivity index (χ3v) is 3.72. The fourth-order valence-corrected chi connectivity index (χ4v) is 2.66. The Bertz CT molecular complexity index is 175. The Kier molecular flexibility index (Phi) is 3.03. The molecule has 0 heterocycles. The molecule has 0 aromatic carbocycles. The molecule has 0 spiro atoms. The second-order valence-electron chi connectivity index (χ2n) is 5.26. The molecule has 1 rings (SSSR count). The fourth-order valence-electron chi connectivity index (χ4n) is 2.66. The maximum absolute atomic E-state index is 10.00. The lowest BCUT2D eigenvalue weighted by molar-refractivity contribution is -0.0279. The van der Waals surface area contributed by atoms with Crippen molar-refractivity contribution in [3.05, 3.63) is 0 Å². The van der Waals surface area contributed by atoms with Crippen molar-refractivity contribution >= 4 is 0 Å². The topological polar surface area (TPSA) is 46.2 Å². The van der Waals surface area contributed by atoms with Gasteiger partial charge in [-0.15, -0.1) is 0 Å². The molecule has 13 heavy (non-hydrogen) atoms.